The first kappa shape index (κ1) is 13.0. The van der Waals surface area contributed by atoms with Crippen LogP contribution in [0.1, 0.15) is 5.69 Å². The highest BCUT2D eigenvalue weighted by atomic mass is 35.5. The van der Waals surface area contributed by atoms with Crippen molar-refractivity contribution < 1.29 is 9.47 Å². The number of halogens is 1. The summed E-state index contributed by atoms with van der Waals surface area (Å²) in [5.74, 6) is 1.41. The van der Waals surface area contributed by atoms with Crippen molar-refractivity contribution in [3.8, 4) is 28.8 Å². The molecule has 5 nitrogen and oxygen atoms in total. The van der Waals surface area contributed by atoms with Gasteiger partial charge in [-0.15, -0.1) is 0 Å². The van der Waals surface area contributed by atoms with Gasteiger partial charge >= 0.3 is 0 Å². The Morgan fingerprint density at radius 1 is 1.23 bits per heavy atom. The number of ether oxygens (including phenoxy) is 2. The SMILES string of the molecule is N#CCc1c(-c2ccc3c(c2)OCO3)nc2ccc(Cl)cn12. The lowest BCUT2D eigenvalue weighted by molar-refractivity contribution is 0.174. The van der Waals surface area contributed by atoms with Crippen LogP contribution in [0.5, 0.6) is 11.5 Å². The first-order valence-corrected chi connectivity index (χ1v) is 7.07. The minimum atomic E-state index is 0.227. The van der Waals surface area contributed by atoms with Crippen LogP contribution >= 0.6 is 11.6 Å². The topological polar surface area (TPSA) is 59.5 Å². The molecule has 3 aromatic rings. The van der Waals surface area contributed by atoms with Crippen molar-refractivity contribution in [2.24, 2.45) is 0 Å². The first-order chi connectivity index (χ1) is 10.8. The summed E-state index contributed by atoms with van der Waals surface area (Å²) in [6, 6.07) is 11.4. The number of aromatic nitrogens is 2. The second-order valence-corrected chi connectivity index (χ2v) is 5.32. The molecule has 3 heterocycles. The molecule has 2 aromatic heterocycles. The maximum atomic E-state index is 9.12. The highest BCUT2D eigenvalue weighted by Gasteiger charge is 2.18. The highest BCUT2D eigenvalue weighted by Crippen LogP contribution is 2.37. The molecule has 0 N–H and O–H groups in total. The Hall–Kier alpha value is -2.71. The second-order valence-electron chi connectivity index (χ2n) is 4.89. The van der Waals surface area contributed by atoms with Crippen molar-refractivity contribution in [1.29, 1.82) is 5.26 Å². The van der Waals surface area contributed by atoms with Gasteiger partial charge in [-0.05, 0) is 30.3 Å². The molecule has 0 radical (unpaired) electrons. The molecule has 22 heavy (non-hydrogen) atoms. The van der Waals surface area contributed by atoms with E-state index < -0.39 is 0 Å². The Bertz CT molecular complexity index is 927. The van der Waals surface area contributed by atoms with E-state index >= 15 is 0 Å². The van der Waals surface area contributed by atoms with Crippen LogP contribution in [0.2, 0.25) is 5.02 Å². The lowest BCUT2D eigenvalue weighted by atomic mass is 10.1. The minimum absolute atomic E-state index is 0.227. The predicted molar refractivity (Wildman–Crippen MR) is 81.1 cm³/mol. The van der Waals surface area contributed by atoms with Crippen molar-refractivity contribution in [2.45, 2.75) is 6.42 Å². The summed E-state index contributed by atoms with van der Waals surface area (Å²) in [5, 5.41) is 9.72. The molecule has 0 spiro atoms. The van der Waals surface area contributed by atoms with E-state index in [4.69, 9.17) is 26.3 Å². The molecule has 4 rings (SSSR count). The third-order valence-corrected chi connectivity index (χ3v) is 3.80. The number of nitriles is 1. The number of hydrogen-bond donors (Lipinski definition) is 0. The number of imidazole rings is 1. The van der Waals surface area contributed by atoms with Crippen LogP contribution in [0.3, 0.4) is 0 Å². The van der Waals surface area contributed by atoms with Gasteiger partial charge < -0.3 is 13.9 Å². The van der Waals surface area contributed by atoms with Gasteiger partial charge in [-0.25, -0.2) is 4.98 Å². The van der Waals surface area contributed by atoms with Gasteiger partial charge in [0.05, 0.1) is 28.9 Å². The van der Waals surface area contributed by atoms with E-state index in [2.05, 4.69) is 11.1 Å². The van der Waals surface area contributed by atoms with Gasteiger partial charge in [-0.1, -0.05) is 11.6 Å². The quantitative estimate of drug-likeness (QED) is 0.727. The van der Waals surface area contributed by atoms with Gasteiger partial charge in [0, 0.05) is 11.8 Å². The van der Waals surface area contributed by atoms with Crippen LogP contribution < -0.4 is 9.47 Å². The Labute approximate surface area is 131 Å². The third kappa shape index (κ3) is 1.97. The molecule has 0 saturated heterocycles. The van der Waals surface area contributed by atoms with Crippen LogP contribution in [0, 0.1) is 11.3 Å². The monoisotopic (exact) mass is 311 g/mol. The molecule has 0 fully saturated rings. The maximum absolute atomic E-state index is 9.12. The largest absolute Gasteiger partial charge is 0.454 e. The molecule has 0 unspecified atom stereocenters. The van der Waals surface area contributed by atoms with Crippen molar-refractivity contribution in [3.63, 3.8) is 0 Å². The molecular weight excluding hydrogens is 302 g/mol. The van der Waals surface area contributed by atoms with Crippen LogP contribution in [0.15, 0.2) is 36.5 Å². The van der Waals surface area contributed by atoms with E-state index in [9.17, 15) is 0 Å². The lowest BCUT2D eigenvalue weighted by Gasteiger charge is -2.03. The summed E-state index contributed by atoms with van der Waals surface area (Å²) in [6.45, 7) is 0.227. The second kappa shape index (κ2) is 4.93. The Balaban J connectivity index is 1.94. The molecule has 0 amide bonds. The van der Waals surface area contributed by atoms with Gasteiger partial charge in [0.1, 0.15) is 5.65 Å². The summed E-state index contributed by atoms with van der Waals surface area (Å²) >= 11 is 6.05. The van der Waals surface area contributed by atoms with E-state index in [1.54, 1.807) is 12.3 Å². The van der Waals surface area contributed by atoms with Crippen molar-refractivity contribution >= 4 is 17.2 Å². The Morgan fingerprint density at radius 2 is 2.09 bits per heavy atom. The minimum Gasteiger partial charge on any atom is -0.454 e. The summed E-state index contributed by atoms with van der Waals surface area (Å²) in [6.07, 6.45) is 2.01. The highest BCUT2D eigenvalue weighted by molar-refractivity contribution is 6.30. The molecule has 0 atom stereocenters. The Morgan fingerprint density at radius 3 is 2.95 bits per heavy atom. The van der Waals surface area contributed by atoms with Gasteiger partial charge in [0.2, 0.25) is 6.79 Å². The Kier molecular flexibility index (Phi) is 2.91. The van der Waals surface area contributed by atoms with E-state index in [0.717, 1.165) is 28.3 Å². The molecule has 0 aliphatic carbocycles. The molecule has 0 bridgehead atoms. The number of nitrogens with zero attached hydrogens (tertiary/aromatic N) is 3. The number of pyridine rings is 1. The molecule has 6 heteroatoms. The zero-order valence-corrected chi connectivity index (χ0v) is 12.2. The summed E-state index contributed by atoms with van der Waals surface area (Å²) in [7, 11) is 0. The van der Waals surface area contributed by atoms with E-state index in [0.29, 0.717) is 10.8 Å². The number of hydrogen-bond acceptors (Lipinski definition) is 4. The fourth-order valence-electron chi connectivity index (χ4n) is 2.59. The zero-order chi connectivity index (χ0) is 15.1. The van der Waals surface area contributed by atoms with E-state index in [1.807, 2.05) is 28.7 Å². The smallest absolute Gasteiger partial charge is 0.231 e. The van der Waals surface area contributed by atoms with Gasteiger partial charge in [0.25, 0.3) is 0 Å². The molecular formula is C16H10ClN3O2. The predicted octanol–water partition coefficient (Wildman–Crippen LogP) is 3.45. The van der Waals surface area contributed by atoms with Crippen LogP contribution in [0.4, 0.5) is 0 Å². The molecule has 108 valence electrons. The van der Waals surface area contributed by atoms with Gasteiger partial charge in [0.15, 0.2) is 11.5 Å². The van der Waals surface area contributed by atoms with Crippen LogP contribution in [0.25, 0.3) is 16.9 Å². The third-order valence-electron chi connectivity index (χ3n) is 3.57. The zero-order valence-electron chi connectivity index (χ0n) is 11.4. The van der Waals surface area contributed by atoms with Gasteiger partial charge in [-0.2, -0.15) is 5.26 Å². The fraction of sp³-hybridized carbons (Fsp3) is 0.125. The maximum Gasteiger partial charge on any atom is 0.231 e. The average Bonchev–Trinajstić information content (AvgIpc) is 3.12. The number of fused-ring (bicyclic) bond motifs is 2. The normalized spacial score (nSPS) is 12.5. The lowest BCUT2D eigenvalue weighted by Crippen LogP contribution is -1.93. The molecule has 1 aliphatic heterocycles. The van der Waals surface area contributed by atoms with E-state index in [1.165, 1.54) is 0 Å². The molecule has 0 saturated carbocycles. The average molecular weight is 312 g/mol. The van der Waals surface area contributed by atoms with Crippen molar-refractivity contribution in [1.82, 2.24) is 9.38 Å². The van der Waals surface area contributed by atoms with E-state index in [-0.39, 0.29) is 13.2 Å². The van der Waals surface area contributed by atoms with Crippen molar-refractivity contribution in [2.75, 3.05) is 6.79 Å². The fourth-order valence-corrected chi connectivity index (χ4v) is 2.75. The molecule has 1 aliphatic rings. The van der Waals surface area contributed by atoms with Gasteiger partial charge in [-0.3, -0.25) is 0 Å². The standard InChI is InChI=1S/C16H10ClN3O2/c17-11-2-4-15-19-16(12(5-6-18)20(15)8-11)10-1-3-13-14(7-10)22-9-21-13/h1-4,7-8H,5,9H2. The van der Waals surface area contributed by atoms with Crippen LogP contribution in [-0.2, 0) is 6.42 Å². The summed E-state index contributed by atoms with van der Waals surface area (Å²) in [5.41, 5.74) is 3.19. The van der Waals surface area contributed by atoms with Crippen LogP contribution in [-0.4, -0.2) is 16.2 Å². The van der Waals surface area contributed by atoms with Crippen molar-refractivity contribution in [3.05, 3.63) is 47.2 Å². The number of rotatable bonds is 2. The number of benzene rings is 1. The summed E-state index contributed by atoms with van der Waals surface area (Å²) in [4.78, 5) is 4.62. The molecule has 1 aromatic carbocycles. The summed E-state index contributed by atoms with van der Waals surface area (Å²) < 4.78 is 12.6. The first-order valence-electron chi connectivity index (χ1n) is 6.70.